The molecule has 4 nitrogen and oxygen atoms in total. The Hall–Kier alpha value is -1.36. The number of amides is 2. The van der Waals surface area contributed by atoms with Gasteiger partial charge in [-0.1, -0.05) is 28.9 Å². The minimum absolute atomic E-state index is 0.0552. The summed E-state index contributed by atoms with van der Waals surface area (Å²) in [6, 6.07) is 5.76. The van der Waals surface area contributed by atoms with Crippen LogP contribution in [-0.4, -0.2) is 47.8 Å². The maximum atomic E-state index is 12.7. The van der Waals surface area contributed by atoms with E-state index in [1.54, 1.807) is 0 Å². The lowest BCUT2D eigenvalue weighted by Crippen LogP contribution is -2.37. The van der Waals surface area contributed by atoms with Crippen molar-refractivity contribution in [2.75, 3.05) is 26.2 Å². The van der Waals surface area contributed by atoms with Crippen molar-refractivity contribution in [3.8, 4) is 0 Å². The molecule has 0 bridgehead atoms. The van der Waals surface area contributed by atoms with E-state index in [9.17, 15) is 9.59 Å². The molecule has 1 heterocycles. The van der Waals surface area contributed by atoms with Crippen molar-refractivity contribution >= 4 is 27.7 Å². The van der Waals surface area contributed by atoms with Gasteiger partial charge in [0.2, 0.25) is 5.91 Å². The van der Waals surface area contributed by atoms with Gasteiger partial charge in [0.05, 0.1) is 0 Å². The summed E-state index contributed by atoms with van der Waals surface area (Å²) in [5.74, 6) is 0.225. The van der Waals surface area contributed by atoms with Crippen LogP contribution in [0.2, 0.25) is 0 Å². The SMILES string of the molecule is CCC(=O)N1CCCN(C(=O)c2cc(Br)ccc2C)CC1. The zero-order valence-electron chi connectivity index (χ0n) is 12.6. The molecule has 2 rings (SSSR count). The van der Waals surface area contributed by atoms with Crippen LogP contribution in [0.25, 0.3) is 0 Å². The second-order valence-corrected chi connectivity index (χ2v) is 6.26. The van der Waals surface area contributed by atoms with Crippen molar-refractivity contribution in [1.82, 2.24) is 9.80 Å². The summed E-state index contributed by atoms with van der Waals surface area (Å²) in [6.45, 7) is 6.51. The molecule has 0 N–H and O–H groups in total. The topological polar surface area (TPSA) is 40.6 Å². The molecule has 0 unspecified atom stereocenters. The number of hydrogen-bond donors (Lipinski definition) is 0. The summed E-state index contributed by atoms with van der Waals surface area (Å²) in [4.78, 5) is 28.2. The number of nitrogens with zero attached hydrogens (tertiary/aromatic N) is 2. The largest absolute Gasteiger partial charge is 0.341 e. The van der Waals surface area contributed by atoms with Crippen LogP contribution in [0.5, 0.6) is 0 Å². The van der Waals surface area contributed by atoms with E-state index in [1.165, 1.54) is 0 Å². The van der Waals surface area contributed by atoms with Crippen LogP contribution >= 0.6 is 15.9 Å². The highest BCUT2D eigenvalue weighted by Crippen LogP contribution is 2.18. The van der Waals surface area contributed by atoms with Gasteiger partial charge in [-0.15, -0.1) is 0 Å². The second-order valence-electron chi connectivity index (χ2n) is 5.34. The highest BCUT2D eigenvalue weighted by atomic mass is 79.9. The fourth-order valence-corrected chi connectivity index (χ4v) is 2.95. The van der Waals surface area contributed by atoms with E-state index in [0.29, 0.717) is 26.1 Å². The third-order valence-corrected chi connectivity index (χ3v) is 4.36. The van der Waals surface area contributed by atoms with Gasteiger partial charge in [-0.2, -0.15) is 0 Å². The van der Waals surface area contributed by atoms with Crippen LogP contribution in [0.1, 0.15) is 35.7 Å². The molecule has 1 aromatic rings. The monoisotopic (exact) mass is 352 g/mol. The lowest BCUT2D eigenvalue weighted by molar-refractivity contribution is -0.130. The van der Waals surface area contributed by atoms with Gasteiger partial charge in [0.15, 0.2) is 0 Å². The van der Waals surface area contributed by atoms with Crippen LogP contribution in [0.3, 0.4) is 0 Å². The highest BCUT2D eigenvalue weighted by molar-refractivity contribution is 9.10. The lowest BCUT2D eigenvalue weighted by Gasteiger charge is -2.22. The summed E-state index contributed by atoms with van der Waals surface area (Å²) in [6.07, 6.45) is 1.36. The van der Waals surface area contributed by atoms with E-state index in [0.717, 1.165) is 28.6 Å². The van der Waals surface area contributed by atoms with Crippen LogP contribution in [0.15, 0.2) is 22.7 Å². The van der Waals surface area contributed by atoms with Gasteiger partial charge in [0.25, 0.3) is 5.91 Å². The Balaban J connectivity index is 2.10. The first-order chi connectivity index (χ1) is 10.0. The molecule has 1 saturated heterocycles. The zero-order valence-corrected chi connectivity index (χ0v) is 14.1. The summed E-state index contributed by atoms with van der Waals surface area (Å²) >= 11 is 3.42. The predicted octanol–water partition coefficient (Wildman–Crippen LogP) is 2.84. The zero-order chi connectivity index (χ0) is 15.4. The van der Waals surface area contributed by atoms with Crippen LogP contribution in [-0.2, 0) is 4.79 Å². The Bertz CT molecular complexity index is 545. The molecule has 2 amide bonds. The number of benzene rings is 1. The summed E-state index contributed by atoms with van der Waals surface area (Å²) in [5, 5.41) is 0. The first-order valence-corrected chi connectivity index (χ1v) is 8.15. The minimum Gasteiger partial charge on any atom is -0.341 e. The number of halogens is 1. The molecule has 0 saturated carbocycles. The predicted molar refractivity (Wildman–Crippen MR) is 86.3 cm³/mol. The molecule has 0 atom stereocenters. The first kappa shape index (κ1) is 16.0. The summed E-state index contributed by atoms with van der Waals surface area (Å²) < 4.78 is 0.911. The van der Waals surface area contributed by atoms with Gasteiger partial charge in [0.1, 0.15) is 0 Å². The Morgan fingerprint density at radius 3 is 2.52 bits per heavy atom. The van der Waals surface area contributed by atoms with Gasteiger partial charge >= 0.3 is 0 Å². The molecule has 1 aromatic carbocycles. The maximum absolute atomic E-state index is 12.7. The van der Waals surface area contributed by atoms with E-state index in [2.05, 4.69) is 15.9 Å². The molecule has 0 aliphatic carbocycles. The molecular formula is C16H21BrN2O2. The van der Waals surface area contributed by atoms with Crippen LogP contribution in [0.4, 0.5) is 0 Å². The number of rotatable bonds is 2. The number of aryl methyl sites for hydroxylation is 1. The number of hydrogen-bond acceptors (Lipinski definition) is 2. The molecule has 0 spiro atoms. The molecule has 0 aromatic heterocycles. The van der Waals surface area contributed by atoms with Gasteiger partial charge in [-0.25, -0.2) is 0 Å². The van der Waals surface area contributed by atoms with E-state index in [-0.39, 0.29) is 11.8 Å². The normalized spacial score (nSPS) is 15.8. The smallest absolute Gasteiger partial charge is 0.254 e. The summed E-state index contributed by atoms with van der Waals surface area (Å²) in [7, 11) is 0. The molecule has 1 aliphatic heterocycles. The van der Waals surface area contributed by atoms with E-state index in [1.807, 2.05) is 41.8 Å². The molecule has 114 valence electrons. The third kappa shape index (κ3) is 3.84. The Morgan fingerprint density at radius 2 is 1.81 bits per heavy atom. The van der Waals surface area contributed by atoms with Crippen molar-refractivity contribution in [3.05, 3.63) is 33.8 Å². The molecule has 0 radical (unpaired) electrons. The van der Waals surface area contributed by atoms with Gasteiger partial charge in [-0.3, -0.25) is 9.59 Å². The second kappa shape index (κ2) is 7.07. The fourth-order valence-electron chi connectivity index (χ4n) is 2.59. The van der Waals surface area contributed by atoms with Gasteiger partial charge in [-0.05, 0) is 31.0 Å². The standard InChI is InChI=1S/C16H21BrN2O2/c1-3-15(20)18-7-4-8-19(10-9-18)16(21)14-11-13(17)6-5-12(14)2/h5-6,11H,3-4,7-10H2,1-2H3. The van der Waals surface area contributed by atoms with Crippen LogP contribution in [0, 0.1) is 6.92 Å². The van der Waals surface area contributed by atoms with E-state index >= 15 is 0 Å². The van der Waals surface area contributed by atoms with Gasteiger partial charge in [0, 0.05) is 42.6 Å². The fraction of sp³-hybridized carbons (Fsp3) is 0.500. The molecule has 1 fully saturated rings. The quantitative estimate of drug-likeness (QED) is 0.820. The average Bonchev–Trinajstić information content (AvgIpc) is 2.74. The number of carbonyl (C=O) groups excluding carboxylic acids is 2. The Labute approximate surface area is 134 Å². The highest BCUT2D eigenvalue weighted by Gasteiger charge is 2.23. The number of carbonyl (C=O) groups is 2. The van der Waals surface area contributed by atoms with Crippen molar-refractivity contribution < 1.29 is 9.59 Å². The van der Waals surface area contributed by atoms with Crippen molar-refractivity contribution in [3.63, 3.8) is 0 Å². The minimum atomic E-state index is 0.0552. The maximum Gasteiger partial charge on any atom is 0.254 e. The van der Waals surface area contributed by atoms with E-state index in [4.69, 9.17) is 0 Å². The molecule has 1 aliphatic rings. The third-order valence-electron chi connectivity index (χ3n) is 3.87. The molecular weight excluding hydrogens is 332 g/mol. The molecule has 21 heavy (non-hydrogen) atoms. The summed E-state index contributed by atoms with van der Waals surface area (Å²) in [5.41, 5.74) is 1.72. The first-order valence-electron chi connectivity index (χ1n) is 7.36. The average molecular weight is 353 g/mol. The Kier molecular flexibility index (Phi) is 5.39. The van der Waals surface area contributed by atoms with Crippen molar-refractivity contribution in [1.29, 1.82) is 0 Å². The van der Waals surface area contributed by atoms with Crippen molar-refractivity contribution in [2.45, 2.75) is 26.7 Å². The molecule has 5 heteroatoms. The lowest BCUT2D eigenvalue weighted by atomic mass is 10.1. The van der Waals surface area contributed by atoms with Crippen LogP contribution < -0.4 is 0 Å². The Morgan fingerprint density at radius 1 is 1.14 bits per heavy atom. The van der Waals surface area contributed by atoms with Gasteiger partial charge < -0.3 is 9.80 Å². The van der Waals surface area contributed by atoms with E-state index < -0.39 is 0 Å². The van der Waals surface area contributed by atoms with Crippen molar-refractivity contribution in [2.24, 2.45) is 0 Å².